The summed E-state index contributed by atoms with van der Waals surface area (Å²) >= 11 is 0. The highest BCUT2D eigenvalue weighted by atomic mass is 16.2. The van der Waals surface area contributed by atoms with Gasteiger partial charge in [0.05, 0.1) is 6.04 Å². The lowest BCUT2D eigenvalue weighted by atomic mass is 9.91. The zero-order valence-corrected chi connectivity index (χ0v) is 14.2. The van der Waals surface area contributed by atoms with Crippen molar-refractivity contribution in [2.24, 2.45) is 0 Å². The Kier molecular flexibility index (Phi) is 3.40. The van der Waals surface area contributed by atoms with E-state index in [4.69, 9.17) is 0 Å². The number of hydrogen-bond acceptors (Lipinski definition) is 1. The largest absolute Gasteiger partial charge is 0.361 e. The molecule has 2 aromatic carbocycles. The molecule has 1 N–H and O–H groups in total. The lowest BCUT2D eigenvalue weighted by Gasteiger charge is -2.36. The molecule has 1 saturated carbocycles. The predicted octanol–water partition coefficient (Wildman–Crippen LogP) is 5.05. The minimum absolute atomic E-state index is 0.0305. The van der Waals surface area contributed by atoms with E-state index in [2.05, 4.69) is 52.5 Å². The molecule has 5 rings (SSSR count). The molecule has 1 amide bonds. The third-order valence-electron chi connectivity index (χ3n) is 5.88. The molecule has 0 radical (unpaired) electrons. The number of para-hydroxylation sites is 1. The van der Waals surface area contributed by atoms with E-state index >= 15 is 0 Å². The first-order valence-electron chi connectivity index (χ1n) is 9.32. The Morgan fingerprint density at radius 1 is 0.880 bits per heavy atom. The van der Waals surface area contributed by atoms with Crippen molar-refractivity contribution >= 4 is 16.8 Å². The van der Waals surface area contributed by atoms with Crippen LogP contribution in [0.2, 0.25) is 0 Å². The molecule has 1 fully saturated rings. The third kappa shape index (κ3) is 2.22. The molecule has 1 aliphatic carbocycles. The summed E-state index contributed by atoms with van der Waals surface area (Å²) in [6, 6.07) is 16.9. The molecule has 3 aromatic rings. The molecule has 126 valence electrons. The van der Waals surface area contributed by atoms with Crippen LogP contribution in [0, 0.1) is 0 Å². The van der Waals surface area contributed by atoms with Crippen LogP contribution in [-0.2, 0) is 0 Å². The summed E-state index contributed by atoms with van der Waals surface area (Å²) in [4.78, 5) is 18.8. The first kappa shape index (κ1) is 14.8. The number of amides is 1. The predicted molar refractivity (Wildman–Crippen MR) is 99.6 cm³/mol. The second-order valence-electron chi connectivity index (χ2n) is 7.28. The molecule has 2 aliphatic rings. The highest BCUT2D eigenvalue weighted by molar-refractivity contribution is 6.01. The zero-order valence-electron chi connectivity index (χ0n) is 14.2. The van der Waals surface area contributed by atoms with Crippen LogP contribution in [0.25, 0.3) is 10.9 Å². The number of aromatic amines is 1. The second-order valence-corrected chi connectivity index (χ2v) is 7.28. The normalized spacial score (nSPS) is 21.0. The average molecular weight is 330 g/mol. The van der Waals surface area contributed by atoms with E-state index in [1.165, 1.54) is 30.2 Å². The summed E-state index contributed by atoms with van der Waals surface area (Å²) in [7, 11) is 0. The maximum Gasteiger partial charge on any atom is 0.255 e. The maximum absolute atomic E-state index is 13.3. The Bertz CT molecular complexity index is 936. The van der Waals surface area contributed by atoms with Gasteiger partial charge in [0.15, 0.2) is 0 Å². The average Bonchev–Trinajstić information content (AvgIpc) is 3.22. The van der Waals surface area contributed by atoms with Gasteiger partial charge in [-0.3, -0.25) is 4.79 Å². The topological polar surface area (TPSA) is 36.1 Å². The number of aromatic nitrogens is 1. The summed E-state index contributed by atoms with van der Waals surface area (Å²) in [5, 5.41) is 1.22. The minimum atomic E-state index is 0.0305. The Morgan fingerprint density at radius 2 is 1.64 bits per heavy atom. The van der Waals surface area contributed by atoms with Gasteiger partial charge in [-0.1, -0.05) is 55.7 Å². The number of carbonyl (C=O) groups excluding carboxylic acids is 1. The van der Waals surface area contributed by atoms with Gasteiger partial charge in [-0.25, -0.2) is 0 Å². The number of H-pyrrole nitrogens is 1. The van der Waals surface area contributed by atoms with Crippen molar-refractivity contribution in [3.63, 3.8) is 0 Å². The van der Waals surface area contributed by atoms with Gasteiger partial charge in [-0.2, -0.15) is 0 Å². The number of rotatable bonds is 2. The third-order valence-corrected chi connectivity index (χ3v) is 5.88. The molecule has 1 aliphatic heterocycles. The molecule has 3 nitrogen and oxygen atoms in total. The Morgan fingerprint density at radius 3 is 2.52 bits per heavy atom. The molecular weight excluding hydrogens is 308 g/mol. The van der Waals surface area contributed by atoms with E-state index in [-0.39, 0.29) is 11.9 Å². The summed E-state index contributed by atoms with van der Waals surface area (Å²) in [5.41, 5.74) is 4.39. The van der Waals surface area contributed by atoms with E-state index < -0.39 is 0 Å². The quantitative estimate of drug-likeness (QED) is 0.701. The zero-order chi connectivity index (χ0) is 16.8. The fourth-order valence-corrected chi connectivity index (χ4v) is 4.71. The molecule has 0 spiro atoms. The number of carbonyl (C=O) groups is 1. The van der Waals surface area contributed by atoms with E-state index in [0.29, 0.717) is 6.04 Å². The van der Waals surface area contributed by atoms with Crippen molar-refractivity contribution in [3.05, 3.63) is 71.4 Å². The number of hydrogen-bond donors (Lipinski definition) is 1. The number of nitrogens with one attached hydrogen (secondary N) is 1. The Hall–Kier alpha value is -2.55. The molecule has 0 bridgehead atoms. The van der Waals surface area contributed by atoms with Crippen molar-refractivity contribution in [1.29, 1.82) is 0 Å². The van der Waals surface area contributed by atoms with Gasteiger partial charge >= 0.3 is 0 Å². The van der Waals surface area contributed by atoms with Gasteiger partial charge in [-0.05, 0) is 30.5 Å². The molecule has 0 saturated heterocycles. The van der Waals surface area contributed by atoms with Crippen LogP contribution in [-0.4, -0.2) is 21.8 Å². The molecule has 1 atom stereocenters. The number of fused-ring (bicyclic) bond motifs is 2. The van der Waals surface area contributed by atoms with Crippen LogP contribution in [0.15, 0.2) is 54.7 Å². The Labute approximate surface area is 147 Å². The molecule has 0 unspecified atom stereocenters. The molecule has 2 heterocycles. The van der Waals surface area contributed by atoms with Gasteiger partial charge in [0.2, 0.25) is 0 Å². The lowest BCUT2D eigenvalue weighted by molar-refractivity contribution is 0.0613. The van der Waals surface area contributed by atoms with Crippen molar-refractivity contribution in [2.75, 3.05) is 0 Å². The van der Waals surface area contributed by atoms with Crippen molar-refractivity contribution < 1.29 is 4.79 Å². The van der Waals surface area contributed by atoms with Gasteiger partial charge in [0.25, 0.3) is 5.91 Å². The van der Waals surface area contributed by atoms with Crippen molar-refractivity contribution in [1.82, 2.24) is 9.88 Å². The molecule has 1 aromatic heterocycles. The monoisotopic (exact) mass is 330 g/mol. The Balaban J connectivity index is 1.69. The van der Waals surface area contributed by atoms with Crippen LogP contribution in [0.3, 0.4) is 0 Å². The van der Waals surface area contributed by atoms with Gasteiger partial charge in [-0.15, -0.1) is 0 Å². The first-order valence-corrected chi connectivity index (χ1v) is 9.32. The van der Waals surface area contributed by atoms with Crippen molar-refractivity contribution in [3.8, 4) is 0 Å². The molecule has 3 heteroatoms. The fraction of sp³-hybridized carbons (Fsp3) is 0.318. The summed E-state index contributed by atoms with van der Waals surface area (Å²) < 4.78 is 0. The van der Waals surface area contributed by atoms with Crippen molar-refractivity contribution in [2.45, 2.75) is 44.2 Å². The van der Waals surface area contributed by atoms with Crippen LogP contribution < -0.4 is 0 Å². The highest BCUT2D eigenvalue weighted by Gasteiger charge is 2.42. The summed E-state index contributed by atoms with van der Waals surface area (Å²) in [6.45, 7) is 0. The molecule has 25 heavy (non-hydrogen) atoms. The lowest BCUT2D eigenvalue weighted by Crippen LogP contribution is -2.39. The van der Waals surface area contributed by atoms with Crippen LogP contribution in [0.1, 0.15) is 59.6 Å². The van der Waals surface area contributed by atoms with E-state index in [0.717, 1.165) is 29.5 Å². The molecular formula is C22H22N2O. The fourth-order valence-electron chi connectivity index (χ4n) is 4.71. The SMILES string of the molecule is O=C1c2ccccc2[C@H](c2c[nH]c3ccccc23)N1C1CCCCC1. The van der Waals surface area contributed by atoms with Gasteiger partial charge in [0, 0.05) is 34.3 Å². The summed E-state index contributed by atoms with van der Waals surface area (Å²) in [6.07, 6.45) is 8.09. The van der Waals surface area contributed by atoms with E-state index in [1.807, 2.05) is 12.1 Å². The van der Waals surface area contributed by atoms with Crippen LogP contribution in [0.4, 0.5) is 0 Å². The van der Waals surface area contributed by atoms with Gasteiger partial charge < -0.3 is 9.88 Å². The number of nitrogens with zero attached hydrogens (tertiary/aromatic N) is 1. The second kappa shape index (κ2) is 5.76. The van der Waals surface area contributed by atoms with Crippen LogP contribution >= 0.6 is 0 Å². The highest BCUT2D eigenvalue weighted by Crippen LogP contribution is 2.44. The standard InChI is InChI=1S/C22H22N2O/c25-22-18-12-5-4-11-17(18)21(24(22)15-8-2-1-3-9-15)19-14-23-20-13-7-6-10-16(19)20/h4-7,10-15,21,23H,1-3,8-9H2/t21-/m1/s1. The summed E-state index contributed by atoms with van der Waals surface area (Å²) in [5.74, 6) is 0.206. The first-order chi connectivity index (χ1) is 12.3. The number of benzene rings is 2. The van der Waals surface area contributed by atoms with E-state index in [1.54, 1.807) is 0 Å². The van der Waals surface area contributed by atoms with E-state index in [9.17, 15) is 4.79 Å². The smallest absolute Gasteiger partial charge is 0.255 e. The van der Waals surface area contributed by atoms with Crippen LogP contribution in [0.5, 0.6) is 0 Å². The van der Waals surface area contributed by atoms with Gasteiger partial charge in [0.1, 0.15) is 0 Å². The minimum Gasteiger partial charge on any atom is -0.361 e. The maximum atomic E-state index is 13.3.